The Morgan fingerprint density at radius 3 is 2.82 bits per heavy atom. The Labute approximate surface area is 132 Å². The Kier molecular flexibility index (Phi) is 5.35. The summed E-state index contributed by atoms with van der Waals surface area (Å²) in [6.45, 7) is 1.45. The van der Waals surface area contributed by atoms with Crippen LogP contribution in [0.2, 0.25) is 5.02 Å². The van der Waals surface area contributed by atoms with Gasteiger partial charge < -0.3 is 15.2 Å². The van der Waals surface area contributed by atoms with Gasteiger partial charge >= 0.3 is 0 Å². The first-order chi connectivity index (χ1) is 10.5. The summed E-state index contributed by atoms with van der Waals surface area (Å²) in [5, 5.41) is 11.8. The molecule has 0 spiro atoms. The smallest absolute Gasteiger partial charge is 0.265 e. The van der Waals surface area contributed by atoms with E-state index in [0.717, 1.165) is 6.07 Å². The van der Waals surface area contributed by atoms with Crippen LogP contribution in [-0.2, 0) is 11.4 Å². The number of rotatable bonds is 5. The lowest BCUT2D eigenvalue weighted by atomic mass is 10.2. The molecule has 0 bridgehead atoms. The van der Waals surface area contributed by atoms with E-state index in [0.29, 0.717) is 11.3 Å². The van der Waals surface area contributed by atoms with E-state index in [9.17, 15) is 9.18 Å². The average Bonchev–Trinajstić information content (AvgIpc) is 2.50. The van der Waals surface area contributed by atoms with Gasteiger partial charge in [-0.25, -0.2) is 4.39 Å². The van der Waals surface area contributed by atoms with Crippen LogP contribution in [0.3, 0.4) is 0 Å². The highest BCUT2D eigenvalue weighted by atomic mass is 35.5. The first-order valence-electron chi connectivity index (χ1n) is 6.62. The van der Waals surface area contributed by atoms with Crippen molar-refractivity contribution in [1.29, 1.82) is 0 Å². The zero-order chi connectivity index (χ0) is 16.1. The molecule has 116 valence electrons. The van der Waals surface area contributed by atoms with Crippen LogP contribution in [0.4, 0.5) is 10.1 Å². The largest absolute Gasteiger partial charge is 0.479 e. The molecule has 1 amide bonds. The average molecular weight is 324 g/mol. The lowest BCUT2D eigenvalue weighted by molar-refractivity contribution is -0.122. The molecule has 0 aromatic heterocycles. The molecule has 2 rings (SSSR count). The van der Waals surface area contributed by atoms with Crippen LogP contribution in [0.5, 0.6) is 5.75 Å². The van der Waals surface area contributed by atoms with Gasteiger partial charge in [0.2, 0.25) is 0 Å². The van der Waals surface area contributed by atoms with Crippen molar-refractivity contribution >= 4 is 23.2 Å². The number of aliphatic hydroxyl groups is 1. The molecule has 1 unspecified atom stereocenters. The minimum Gasteiger partial charge on any atom is -0.479 e. The second-order valence-corrected chi connectivity index (χ2v) is 5.09. The predicted octanol–water partition coefficient (Wildman–Crippen LogP) is 3.38. The number of amides is 1. The molecule has 2 N–H and O–H groups in total. The second-order valence-electron chi connectivity index (χ2n) is 4.68. The topological polar surface area (TPSA) is 58.6 Å². The zero-order valence-electron chi connectivity index (χ0n) is 11.8. The Morgan fingerprint density at radius 2 is 2.14 bits per heavy atom. The lowest BCUT2D eigenvalue weighted by Crippen LogP contribution is -2.30. The van der Waals surface area contributed by atoms with Crippen molar-refractivity contribution < 1.29 is 19.0 Å². The molecular formula is C16H15ClFNO3. The van der Waals surface area contributed by atoms with Crippen molar-refractivity contribution in [1.82, 2.24) is 0 Å². The standard InChI is InChI=1S/C16H15ClFNO3/c1-10(22-15-6-5-12(18)8-14(15)17)16(21)19-13-4-2-3-11(7-13)9-20/h2-8,10,20H,9H2,1H3,(H,19,21). The number of benzene rings is 2. The number of halogens is 2. The van der Waals surface area contributed by atoms with Gasteiger partial charge in [-0.1, -0.05) is 23.7 Å². The van der Waals surface area contributed by atoms with Crippen molar-refractivity contribution in [3.05, 3.63) is 58.9 Å². The number of aliphatic hydroxyl groups excluding tert-OH is 1. The van der Waals surface area contributed by atoms with Gasteiger partial charge in [-0.15, -0.1) is 0 Å². The predicted molar refractivity (Wildman–Crippen MR) is 82.5 cm³/mol. The number of carbonyl (C=O) groups excluding carboxylic acids is 1. The summed E-state index contributed by atoms with van der Waals surface area (Å²) in [6, 6.07) is 10.5. The third kappa shape index (κ3) is 4.19. The van der Waals surface area contributed by atoms with Gasteiger partial charge in [-0.05, 0) is 42.8 Å². The lowest BCUT2D eigenvalue weighted by Gasteiger charge is -2.16. The summed E-state index contributed by atoms with van der Waals surface area (Å²) in [6.07, 6.45) is -0.819. The first kappa shape index (κ1) is 16.3. The molecule has 22 heavy (non-hydrogen) atoms. The molecule has 0 radical (unpaired) electrons. The molecular weight excluding hydrogens is 309 g/mol. The quantitative estimate of drug-likeness (QED) is 0.887. The fourth-order valence-corrected chi connectivity index (χ4v) is 2.02. The van der Waals surface area contributed by atoms with E-state index < -0.39 is 11.9 Å². The number of hydrogen-bond acceptors (Lipinski definition) is 3. The van der Waals surface area contributed by atoms with Gasteiger partial charge in [0.05, 0.1) is 11.6 Å². The highest BCUT2D eigenvalue weighted by Crippen LogP contribution is 2.26. The fraction of sp³-hybridized carbons (Fsp3) is 0.188. The molecule has 2 aromatic rings. The SMILES string of the molecule is CC(Oc1ccc(F)cc1Cl)C(=O)Nc1cccc(CO)c1. The summed E-state index contributed by atoms with van der Waals surface area (Å²) in [7, 11) is 0. The van der Waals surface area contributed by atoms with E-state index in [1.807, 2.05) is 0 Å². The summed E-state index contributed by atoms with van der Waals surface area (Å²) in [4.78, 5) is 12.1. The third-order valence-electron chi connectivity index (χ3n) is 2.94. The van der Waals surface area contributed by atoms with Crippen LogP contribution in [0, 0.1) is 5.82 Å². The van der Waals surface area contributed by atoms with Crippen LogP contribution in [0.1, 0.15) is 12.5 Å². The number of hydrogen-bond donors (Lipinski definition) is 2. The Balaban J connectivity index is 2.02. The first-order valence-corrected chi connectivity index (χ1v) is 7.00. The minimum absolute atomic E-state index is 0.0990. The van der Waals surface area contributed by atoms with Crippen molar-refractivity contribution in [3.63, 3.8) is 0 Å². The highest BCUT2D eigenvalue weighted by Gasteiger charge is 2.16. The maximum Gasteiger partial charge on any atom is 0.265 e. The summed E-state index contributed by atoms with van der Waals surface area (Å²) in [5.74, 6) is -0.624. The zero-order valence-corrected chi connectivity index (χ0v) is 12.6. The van der Waals surface area contributed by atoms with E-state index in [4.69, 9.17) is 21.4 Å². The Morgan fingerprint density at radius 1 is 1.36 bits per heavy atom. The van der Waals surface area contributed by atoms with Crippen LogP contribution in [-0.4, -0.2) is 17.1 Å². The molecule has 0 heterocycles. The molecule has 2 aromatic carbocycles. The van der Waals surface area contributed by atoms with E-state index in [1.165, 1.54) is 12.1 Å². The van der Waals surface area contributed by atoms with E-state index in [2.05, 4.69) is 5.32 Å². The molecule has 0 fully saturated rings. The molecule has 0 aliphatic carbocycles. The fourth-order valence-electron chi connectivity index (χ4n) is 1.81. The van der Waals surface area contributed by atoms with Crippen LogP contribution >= 0.6 is 11.6 Å². The van der Waals surface area contributed by atoms with Gasteiger partial charge in [-0.3, -0.25) is 4.79 Å². The van der Waals surface area contributed by atoms with Gasteiger partial charge in [-0.2, -0.15) is 0 Å². The van der Waals surface area contributed by atoms with Gasteiger partial charge in [0.1, 0.15) is 11.6 Å². The van der Waals surface area contributed by atoms with Gasteiger partial charge in [0.25, 0.3) is 5.91 Å². The maximum atomic E-state index is 13.0. The van der Waals surface area contributed by atoms with Crippen molar-refractivity contribution in [2.24, 2.45) is 0 Å². The van der Waals surface area contributed by atoms with E-state index in [-0.39, 0.29) is 23.3 Å². The van der Waals surface area contributed by atoms with E-state index >= 15 is 0 Å². The number of nitrogens with one attached hydrogen (secondary N) is 1. The summed E-state index contributed by atoms with van der Waals surface area (Å²) in [5.41, 5.74) is 1.24. The Bertz CT molecular complexity index is 678. The molecule has 4 nitrogen and oxygen atoms in total. The van der Waals surface area contributed by atoms with Gasteiger partial charge in [0, 0.05) is 5.69 Å². The molecule has 1 atom stereocenters. The van der Waals surface area contributed by atoms with Crippen molar-refractivity contribution in [3.8, 4) is 5.75 Å². The highest BCUT2D eigenvalue weighted by molar-refractivity contribution is 6.32. The third-order valence-corrected chi connectivity index (χ3v) is 3.24. The summed E-state index contributed by atoms with van der Waals surface area (Å²) < 4.78 is 18.4. The minimum atomic E-state index is -0.819. The van der Waals surface area contributed by atoms with Crippen LogP contribution < -0.4 is 10.1 Å². The molecule has 0 aliphatic heterocycles. The maximum absolute atomic E-state index is 13.0. The molecule has 0 saturated carbocycles. The van der Waals surface area contributed by atoms with Crippen molar-refractivity contribution in [2.45, 2.75) is 19.6 Å². The number of ether oxygens (including phenoxy) is 1. The molecule has 6 heteroatoms. The van der Waals surface area contributed by atoms with E-state index in [1.54, 1.807) is 31.2 Å². The van der Waals surface area contributed by atoms with Crippen LogP contribution in [0.25, 0.3) is 0 Å². The van der Waals surface area contributed by atoms with Crippen molar-refractivity contribution in [2.75, 3.05) is 5.32 Å². The van der Waals surface area contributed by atoms with Gasteiger partial charge in [0.15, 0.2) is 6.10 Å². The summed E-state index contributed by atoms with van der Waals surface area (Å²) >= 11 is 5.85. The van der Waals surface area contributed by atoms with Crippen LogP contribution in [0.15, 0.2) is 42.5 Å². The number of anilines is 1. The molecule has 0 aliphatic rings. The number of carbonyl (C=O) groups is 1. The normalized spacial score (nSPS) is 11.8. The monoisotopic (exact) mass is 323 g/mol. The Hall–Kier alpha value is -2.11. The molecule has 0 saturated heterocycles. The second kappa shape index (κ2) is 7.24.